The minimum Gasteiger partial charge on any atom is -0.497 e. The molecule has 0 saturated heterocycles. The summed E-state index contributed by atoms with van der Waals surface area (Å²) in [7, 11) is -1.76. The van der Waals surface area contributed by atoms with Gasteiger partial charge in [0.2, 0.25) is 0 Å². The minimum atomic E-state index is -3.30. The van der Waals surface area contributed by atoms with Gasteiger partial charge in [0.05, 0.1) is 30.8 Å². The third-order valence-electron chi connectivity index (χ3n) is 4.34. The Morgan fingerprint density at radius 3 is 2.81 bits per heavy atom. The molecule has 26 heavy (non-hydrogen) atoms. The van der Waals surface area contributed by atoms with Gasteiger partial charge in [-0.05, 0) is 24.3 Å². The summed E-state index contributed by atoms with van der Waals surface area (Å²) < 4.78 is 43.6. The summed E-state index contributed by atoms with van der Waals surface area (Å²) in [6.07, 6.45) is -0.0660. The molecule has 1 aliphatic heterocycles. The molecule has 3 rings (SSSR count). The van der Waals surface area contributed by atoms with Crippen LogP contribution in [0.1, 0.15) is 23.1 Å². The third-order valence-corrected chi connectivity index (χ3v) is 5.27. The van der Waals surface area contributed by atoms with Crippen molar-refractivity contribution in [2.45, 2.75) is 25.7 Å². The molecule has 142 valence electrons. The highest BCUT2D eigenvalue weighted by molar-refractivity contribution is 7.90. The van der Waals surface area contributed by atoms with Crippen LogP contribution in [0.25, 0.3) is 0 Å². The average Bonchev–Trinajstić information content (AvgIpc) is 2.99. The summed E-state index contributed by atoms with van der Waals surface area (Å²) in [6.45, 7) is 2.23. The van der Waals surface area contributed by atoms with Gasteiger partial charge in [-0.1, -0.05) is 0 Å². The summed E-state index contributed by atoms with van der Waals surface area (Å²) in [6, 6.07) is 6.37. The first kappa shape index (κ1) is 18.8. The molecule has 0 fully saturated rings. The maximum absolute atomic E-state index is 14.0. The van der Waals surface area contributed by atoms with Gasteiger partial charge in [0.15, 0.2) is 0 Å². The van der Waals surface area contributed by atoms with Gasteiger partial charge in [-0.2, -0.15) is 5.10 Å². The lowest BCUT2D eigenvalue weighted by Crippen LogP contribution is -2.33. The van der Waals surface area contributed by atoms with Crippen LogP contribution >= 0.6 is 0 Å². The number of benzene rings is 1. The molecule has 0 bridgehead atoms. The predicted octanol–water partition coefficient (Wildman–Crippen LogP) is 1.12. The fraction of sp³-hybridized carbons (Fsp3) is 0.471. The SMILES string of the molecule is COc1ccc(F)c(CN2CCn3nc([C@@H](O)CS(C)(=O)=O)cc3C2)c1. The van der Waals surface area contributed by atoms with Crippen molar-refractivity contribution in [2.24, 2.45) is 0 Å². The molecular formula is C17H22FN3O4S. The minimum absolute atomic E-state index is 0.283. The Hall–Kier alpha value is -1.97. The smallest absolute Gasteiger partial charge is 0.150 e. The lowest BCUT2D eigenvalue weighted by Gasteiger charge is -2.27. The highest BCUT2D eigenvalue weighted by atomic mass is 32.2. The van der Waals surface area contributed by atoms with E-state index in [1.165, 1.54) is 6.07 Å². The Morgan fingerprint density at radius 2 is 2.12 bits per heavy atom. The van der Waals surface area contributed by atoms with Crippen LogP contribution in [0.2, 0.25) is 0 Å². The Bertz CT molecular complexity index is 897. The van der Waals surface area contributed by atoms with E-state index in [1.807, 2.05) is 0 Å². The zero-order valence-electron chi connectivity index (χ0n) is 14.7. The van der Waals surface area contributed by atoms with Crippen molar-refractivity contribution in [2.75, 3.05) is 25.7 Å². The number of fused-ring (bicyclic) bond motifs is 1. The van der Waals surface area contributed by atoms with Gasteiger partial charge in [-0.3, -0.25) is 9.58 Å². The van der Waals surface area contributed by atoms with Crippen LogP contribution < -0.4 is 4.74 Å². The standard InChI is InChI=1S/C17H22FN3O4S/c1-25-14-3-4-15(18)12(7-14)9-20-5-6-21-13(10-20)8-16(19-21)17(22)11-26(2,23)24/h3-4,7-8,17,22H,5-6,9-11H2,1-2H3/t17-/m0/s1. The van der Waals surface area contributed by atoms with Crippen LogP contribution in [0.15, 0.2) is 24.3 Å². The van der Waals surface area contributed by atoms with Crippen LogP contribution in [0, 0.1) is 5.82 Å². The molecule has 2 aromatic rings. The van der Waals surface area contributed by atoms with Crippen molar-refractivity contribution in [3.05, 3.63) is 47.0 Å². The second kappa shape index (κ2) is 7.34. The van der Waals surface area contributed by atoms with E-state index in [-0.39, 0.29) is 11.6 Å². The Balaban J connectivity index is 1.72. The summed E-state index contributed by atoms with van der Waals surface area (Å²) in [4.78, 5) is 2.07. The molecule has 7 nitrogen and oxygen atoms in total. The zero-order valence-corrected chi connectivity index (χ0v) is 15.5. The number of hydrogen-bond acceptors (Lipinski definition) is 6. The fourth-order valence-electron chi connectivity index (χ4n) is 3.05. The van der Waals surface area contributed by atoms with Crippen molar-refractivity contribution in [1.29, 1.82) is 0 Å². The van der Waals surface area contributed by atoms with Crippen LogP contribution in [-0.2, 0) is 29.5 Å². The first-order valence-electron chi connectivity index (χ1n) is 8.22. The predicted molar refractivity (Wildman–Crippen MR) is 94.0 cm³/mol. The Labute approximate surface area is 151 Å². The number of ether oxygens (including phenoxy) is 1. The van der Waals surface area contributed by atoms with Gasteiger partial charge in [-0.25, -0.2) is 12.8 Å². The van der Waals surface area contributed by atoms with E-state index >= 15 is 0 Å². The van der Waals surface area contributed by atoms with Gasteiger partial charge in [0.1, 0.15) is 27.5 Å². The molecule has 0 aliphatic carbocycles. The normalized spacial score (nSPS) is 16.3. The van der Waals surface area contributed by atoms with E-state index in [4.69, 9.17) is 4.74 Å². The number of aliphatic hydroxyl groups excluding tert-OH is 1. The van der Waals surface area contributed by atoms with Crippen molar-refractivity contribution in [3.8, 4) is 5.75 Å². The molecule has 1 atom stereocenters. The highest BCUT2D eigenvalue weighted by Gasteiger charge is 2.23. The topological polar surface area (TPSA) is 84.7 Å². The number of sulfone groups is 1. The fourth-order valence-corrected chi connectivity index (χ4v) is 3.80. The van der Waals surface area contributed by atoms with Crippen molar-refractivity contribution in [3.63, 3.8) is 0 Å². The summed E-state index contributed by atoms with van der Waals surface area (Å²) in [5.41, 5.74) is 1.76. The third kappa shape index (κ3) is 4.40. The summed E-state index contributed by atoms with van der Waals surface area (Å²) in [5.74, 6) is -0.0360. The van der Waals surface area contributed by atoms with E-state index < -0.39 is 15.9 Å². The van der Waals surface area contributed by atoms with E-state index in [0.29, 0.717) is 43.2 Å². The number of halogens is 1. The molecule has 0 saturated carbocycles. The first-order chi connectivity index (χ1) is 12.2. The van der Waals surface area contributed by atoms with Crippen LogP contribution in [0.4, 0.5) is 4.39 Å². The molecule has 1 aliphatic rings. The zero-order chi connectivity index (χ0) is 18.9. The van der Waals surface area contributed by atoms with E-state index in [9.17, 15) is 17.9 Å². The maximum Gasteiger partial charge on any atom is 0.150 e. The second-order valence-electron chi connectivity index (χ2n) is 6.56. The van der Waals surface area contributed by atoms with Crippen molar-refractivity contribution < 1.29 is 22.7 Å². The molecule has 0 radical (unpaired) electrons. The van der Waals surface area contributed by atoms with Crippen LogP contribution in [-0.4, -0.2) is 53.9 Å². The molecule has 0 spiro atoms. The molecule has 1 aromatic heterocycles. The Morgan fingerprint density at radius 1 is 1.35 bits per heavy atom. The Kier molecular flexibility index (Phi) is 5.31. The molecule has 1 N–H and O–H groups in total. The molecule has 0 amide bonds. The van der Waals surface area contributed by atoms with Gasteiger partial charge < -0.3 is 9.84 Å². The van der Waals surface area contributed by atoms with Gasteiger partial charge in [0, 0.05) is 31.5 Å². The lowest BCUT2D eigenvalue weighted by molar-refractivity contribution is 0.190. The van der Waals surface area contributed by atoms with E-state index in [0.717, 1.165) is 11.9 Å². The van der Waals surface area contributed by atoms with Crippen molar-refractivity contribution >= 4 is 9.84 Å². The molecule has 9 heteroatoms. The van der Waals surface area contributed by atoms with Crippen molar-refractivity contribution in [1.82, 2.24) is 14.7 Å². The van der Waals surface area contributed by atoms with Crippen LogP contribution in [0.3, 0.4) is 0 Å². The number of nitrogens with zero attached hydrogens (tertiary/aromatic N) is 3. The molecule has 2 heterocycles. The monoisotopic (exact) mass is 383 g/mol. The molecule has 1 aromatic carbocycles. The highest BCUT2D eigenvalue weighted by Crippen LogP contribution is 2.23. The first-order valence-corrected chi connectivity index (χ1v) is 10.3. The maximum atomic E-state index is 14.0. The molecule has 0 unspecified atom stereocenters. The second-order valence-corrected chi connectivity index (χ2v) is 8.74. The number of aliphatic hydroxyl groups is 1. The number of methoxy groups -OCH3 is 1. The summed E-state index contributed by atoms with van der Waals surface area (Å²) >= 11 is 0. The molecular weight excluding hydrogens is 361 g/mol. The summed E-state index contributed by atoms with van der Waals surface area (Å²) in [5, 5.41) is 14.4. The van der Waals surface area contributed by atoms with E-state index in [2.05, 4.69) is 10.00 Å². The average molecular weight is 383 g/mol. The number of aromatic nitrogens is 2. The van der Waals surface area contributed by atoms with Crippen LogP contribution in [0.5, 0.6) is 5.75 Å². The van der Waals surface area contributed by atoms with Gasteiger partial charge in [0.25, 0.3) is 0 Å². The lowest BCUT2D eigenvalue weighted by atomic mass is 10.1. The largest absolute Gasteiger partial charge is 0.497 e. The van der Waals surface area contributed by atoms with Gasteiger partial charge in [-0.15, -0.1) is 0 Å². The number of hydrogen-bond donors (Lipinski definition) is 1. The van der Waals surface area contributed by atoms with E-state index in [1.54, 1.807) is 30.0 Å². The number of rotatable bonds is 6. The van der Waals surface area contributed by atoms with Gasteiger partial charge >= 0.3 is 0 Å². The quantitative estimate of drug-likeness (QED) is 0.805.